The van der Waals surface area contributed by atoms with Gasteiger partial charge in [-0.25, -0.2) is 0 Å². The van der Waals surface area contributed by atoms with Gasteiger partial charge in [0.25, 0.3) is 0 Å². The lowest BCUT2D eigenvalue weighted by molar-refractivity contribution is 1.55. The molecule has 0 aromatic heterocycles. The maximum Gasteiger partial charge on any atom is 0.113 e. The monoisotopic (exact) mass is 266 g/mol. The molecule has 98 valence electrons. The van der Waals surface area contributed by atoms with E-state index in [0.717, 1.165) is 11.0 Å². The Balaban J connectivity index is 2.10. The van der Waals surface area contributed by atoms with E-state index in [2.05, 4.69) is 54.6 Å². The molecule has 0 saturated carbocycles. The van der Waals surface area contributed by atoms with Gasteiger partial charge in [-0.2, -0.15) is 0 Å². The van der Waals surface area contributed by atoms with Crippen LogP contribution in [0, 0.1) is 0 Å². The lowest BCUT2D eigenvalue weighted by Gasteiger charge is -2.09. The molecule has 0 heterocycles. The second-order valence-electron chi connectivity index (χ2n) is 4.96. The van der Waals surface area contributed by atoms with Crippen molar-refractivity contribution in [2.75, 3.05) is 0 Å². The van der Waals surface area contributed by atoms with Crippen molar-refractivity contribution < 1.29 is 0 Å². The Hall–Kier alpha value is -2.54. The van der Waals surface area contributed by atoms with E-state index in [1.807, 2.05) is 36.4 Å². The summed E-state index contributed by atoms with van der Waals surface area (Å²) in [5, 5.41) is 0. The van der Waals surface area contributed by atoms with Crippen molar-refractivity contribution >= 4 is 25.0 Å². The molecule has 0 aliphatic rings. The molecule has 3 rings (SSSR count). The van der Waals surface area contributed by atoms with Crippen LogP contribution in [0.2, 0.25) is 0 Å². The summed E-state index contributed by atoms with van der Waals surface area (Å²) in [6.45, 7) is 0. The lowest BCUT2D eigenvalue weighted by atomic mass is 9.93. The fourth-order valence-electron chi connectivity index (χ4n) is 2.33. The van der Waals surface area contributed by atoms with E-state index in [-0.39, 0.29) is 0 Å². The Morgan fingerprint density at radius 3 is 1.57 bits per heavy atom. The lowest BCUT2D eigenvalue weighted by Crippen LogP contribution is -1.99. The van der Waals surface area contributed by atoms with Gasteiger partial charge in [0.05, 0.1) is 0 Å². The fourth-order valence-corrected chi connectivity index (χ4v) is 2.33. The first-order valence-electron chi connectivity index (χ1n) is 7.01. The van der Waals surface area contributed by atoms with Gasteiger partial charge in [-0.05, 0) is 28.3 Å². The normalized spacial score (nSPS) is 10.1. The van der Waals surface area contributed by atoms with Crippen LogP contribution < -0.4 is 5.46 Å². The van der Waals surface area contributed by atoms with Gasteiger partial charge in [-0.1, -0.05) is 90.4 Å². The molecule has 0 saturated heterocycles. The van der Waals surface area contributed by atoms with Gasteiger partial charge in [-0.15, -0.1) is 0 Å². The summed E-state index contributed by atoms with van der Waals surface area (Å²) >= 11 is 0. The second-order valence-corrected chi connectivity index (χ2v) is 4.96. The highest BCUT2D eigenvalue weighted by Crippen LogP contribution is 2.25. The molecule has 0 N–H and O–H groups in total. The molecule has 0 fully saturated rings. The third kappa shape index (κ3) is 3.32. The van der Waals surface area contributed by atoms with E-state index in [1.165, 1.54) is 16.7 Å². The second kappa shape index (κ2) is 6.28. The molecule has 0 nitrogen and oxygen atoms in total. The molecular weight excluding hydrogens is 251 g/mol. The first kappa shape index (κ1) is 13.4. The minimum atomic E-state index is 0.785. The van der Waals surface area contributed by atoms with E-state index in [9.17, 15) is 0 Å². The van der Waals surface area contributed by atoms with Gasteiger partial charge in [0.1, 0.15) is 7.85 Å². The summed E-state index contributed by atoms with van der Waals surface area (Å²) < 4.78 is 0. The third-order valence-electron chi connectivity index (χ3n) is 3.42. The highest BCUT2D eigenvalue weighted by Gasteiger charge is 2.04. The van der Waals surface area contributed by atoms with E-state index >= 15 is 0 Å². The van der Waals surface area contributed by atoms with Crippen molar-refractivity contribution in [3.63, 3.8) is 0 Å². The number of hydrogen-bond acceptors (Lipinski definition) is 0. The molecule has 0 amide bonds. The maximum absolute atomic E-state index is 5.76. The number of hydrogen-bond donors (Lipinski definition) is 0. The van der Waals surface area contributed by atoms with Crippen molar-refractivity contribution in [2.45, 2.75) is 0 Å². The summed E-state index contributed by atoms with van der Waals surface area (Å²) in [4.78, 5) is 0. The minimum absolute atomic E-state index is 0.785. The van der Waals surface area contributed by atoms with Crippen molar-refractivity contribution in [2.24, 2.45) is 0 Å². The molecule has 2 radical (unpaired) electrons. The SMILES string of the molecule is [B]c1ccc(C=C(c2ccccc2)c2ccccc2)cc1. The van der Waals surface area contributed by atoms with Crippen molar-refractivity contribution in [3.8, 4) is 0 Å². The van der Waals surface area contributed by atoms with Gasteiger partial charge in [0, 0.05) is 0 Å². The van der Waals surface area contributed by atoms with Crippen LogP contribution in [0.25, 0.3) is 11.6 Å². The summed E-state index contributed by atoms with van der Waals surface area (Å²) in [5.74, 6) is 0. The molecular formula is C20H15B. The molecule has 0 bridgehead atoms. The standard InChI is InChI=1S/C20H15B/c21-19-13-11-16(12-14-19)15-20(17-7-3-1-4-8-17)18-9-5-2-6-10-18/h1-15H. The summed E-state index contributed by atoms with van der Waals surface area (Å²) in [7, 11) is 5.76. The topological polar surface area (TPSA) is 0 Å². The quantitative estimate of drug-likeness (QED) is 0.495. The summed E-state index contributed by atoms with van der Waals surface area (Å²) in [6, 6.07) is 28.8. The van der Waals surface area contributed by atoms with Crippen LogP contribution in [-0.2, 0) is 0 Å². The van der Waals surface area contributed by atoms with Gasteiger partial charge in [-0.3, -0.25) is 0 Å². The first-order chi connectivity index (χ1) is 10.3. The van der Waals surface area contributed by atoms with E-state index in [4.69, 9.17) is 7.85 Å². The van der Waals surface area contributed by atoms with E-state index < -0.39 is 0 Å². The maximum atomic E-state index is 5.76. The molecule has 3 aromatic carbocycles. The highest BCUT2D eigenvalue weighted by molar-refractivity contribution is 6.32. The zero-order valence-corrected chi connectivity index (χ0v) is 11.7. The third-order valence-corrected chi connectivity index (χ3v) is 3.42. The van der Waals surface area contributed by atoms with Crippen molar-refractivity contribution in [1.29, 1.82) is 0 Å². The van der Waals surface area contributed by atoms with Crippen LogP contribution in [0.4, 0.5) is 0 Å². The van der Waals surface area contributed by atoms with Gasteiger partial charge in [0.15, 0.2) is 0 Å². The number of rotatable bonds is 3. The van der Waals surface area contributed by atoms with Crippen molar-refractivity contribution in [3.05, 3.63) is 102 Å². The largest absolute Gasteiger partial charge is 0.113 e. The van der Waals surface area contributed by atoms with Gasteiger partial charge >= 0.3 is 0 Å². The van der Waals surface area contributed by atoms with Crippen LogP contribution in [0.15, 0.2) is 84.9 Å². The summed E-state index contributed by atoms with van der Waals surface area (Å²) in [6.07, 6.45) is 2.20. The molecule has 0 aliphatic heterocycles. The smallest absolute Gasteiger partial charge is 0.0966 e. The predicted octanol–water partition coefficient (Wildman–Crippen LogP) is 4.07. The summed E-state index contributed by atoms with van der Waals surface area (Å²) in [5.41, 5.74) is 5.56. The molecule has 0 spiro atoms. The first-order valence-corrected chi connectivity index (χ1v) is 7.01. The Labute approximate surface area is 127 Å². The molecule has 0 unspecified atom stereocenters. The van der Waals surface area contributed by atoms with Gasteiger partial charge in [0.2, 0.25) is 0 Å². The Bertz CT molecular complexity index is 684. The van der Waals surface area contributed by atoms with Crippen LogP contribution in [0.1, 0.15) is 16.7 Å². The number of benzene rings is 3. The average Bonchev–Trinajstić information content (AvgIpc) is 2.56. The average molecular weight is 266 g/mol. The fraction of sp³-hybridized carbons (Fsp3) is 0. The van der Waals surface area contributed by atoms with Crippen LogP contribution in [0.3, 0.4) is 0 Å². The molecule has 3 aromatic rings. The zero-order valence-electron chi connectivity index (χ0n) is 11.7. The van der Waals surface area contributed by atoms with E-state index in [1.54, 1.807) is 0 Å². The minimum Gasteiger partial charge on any atom is -0.0966 e. The predicted molar refractivity (Wildman–Crippen MR) is 91.7 cm³/mol. The van der Waals surface area contributed by atoms with Crippen LogP contribution >= 0.6 is 0 Å². The molecule has 21 heavy (non-hydrogen) atoms. The Morgan fingerprint density at radius 2 is 1.10 bits per heavy atom. The van der Waals surface area contributed by atoms with Gasteiger partial charge < -0.3 is 0 Å². The van der Waals surface area contributed by atoms with Crippen molar-refractivity contribution in [1.82, 2.24) is 0 Å². The zero-order chi connectivity index (χ0) is 14.5. The van der Waals surface area contributed by atoms with Crippen LogP contribution in [-0.4, -0.2) is 7.85 Å². The van der Waals surface area contributed by atoms with E-state index in [0.29, 0.717) is 0 Å². The Kier molecular flexibility index (Phi) is 4.02. The highest BCUT2D eigenvalue weighted by atomic mass is 14.1. The Morgan fingerprint density at radius 1 is 0.619 bits per heavy atom. The molecule has 0 aliphatic carbocycles. The van der Waals surface area contributed by atoms with Crippen LogP contribution in [0.5, 0.6) is 0 Å². The molecule has 0 atom stereocenters. The molecule has 1 heteroatoms.